The van der Waals surface area contributed by atoms with Gasteiger partial charge in [0.1, 0.15) is 12.1 Å². The molecule has 0 aliphatic rings. The number of nitrogens with zero attached hydrogens (tertiary/aromatic N) is 2. The van der Waals surface area contributed by atoms with Gasteiger partial charge in [0.15, 0.2) is 5.43 Å². The normalized spacial score (nSPS) is 10.7. The quantitative estimate of drug-likeness (QED) is 0.262. The van der Waals surface area contributed by atoms with E-state index >= 15 is 0 Å². The molecule has 0 bridgehead atoms. The Labute approximate surface area is 228 Å². The SMILES string of the molecule is C=CCN(CC(=O)N(Cc1ccccc1)Cc1coc2ccc(C)cc2c1=O)C(=O)Nc1ccc(CC)cc1. The van der Waals surface area contributed by atoms with Crippen molar-refractivity contribution in [2.45, 2.75) is 33.4 Å². The second-order valence-electron chi connectivity index (χ2n) is 9.47. The number of carbonyl (C=O) groups excluding carboxylic acids is 2. The lowest BCUT2D eigenvalue weighted by molar-refractivity contribution is -0.133. The summed E-state index contributed by atoms with van der Waals surface area (Å²) in [5.74, 6) is -0.305. The summed E-state index contributed by atoms with van der Waals surface area (Å²) in [6.45, 7) is 8.03. The Hall–Kier alpha value is -4.65. The third-order valence-corrected chi connectivity index (χ3v) is 6.51. The highest BCUT2D eigenvalue weighted by atomic mass is 16.3. The Morgan fingerprint density at radius 1 is 0.949 bits per heavy atom. The fraction of sp³-hybridized carbons (Fsp3) is 0.219. The maximum absolute atomic E-state index is 13.6. The van der Waals surface area contributed by atoms with E-state index in [9.17, 15) is 14.4 Å². The molecule has 7 nitrogen and oxygen atoms in total. The minimum atomic E-state index is -0.409. The Morgan fingerprint density at radius 3 is 2.38 bits per heavy atom. The van der Waals surface area contributed by atoms with Gasteiger partial charge in [0.25, 0.3) is 0 Å². The molecule has 39 heavy (non-hydrogen) atoms. The molecule has 1 aromatic heterocycles. The van der Waals surface area contributed by atoms with E-state index in [1.807, 2.05) is 67.6 Å². The van der Waals surface area contributed by atoms with Gasteiger partial charge < -0.3 is 19.5 Å². The van der Waals surface area contributed by atoms with Gasteiger partial charge in [0.05, 0.1) is 23.8 Å². The van der Waals surface area contributed by atoms with Crippen LogP contribution in [0.25, 0.3) is 11.0 Å². The molecule has 0 aliphatic carbocycles. The van der Waals surface area contributed by atoms with Crippen LogP contribution in [0, 0.1) is 6.92 Å². The Morgan fingerprint density at radius 2 is 1.69 bits per heavy atom. The number of urea groups is 1. The standard InChI is InChI=1S/C32H33N3O4/c1-4-17-34(32(38)33-27-14-12-24(5-2)13-15-27)21-30(36)35(19-25-9-7-6-8-10-25)20-26-22-39-29-16-11-23(3)18-28(29)31(26)37/h4,6-16,18,22H,1,5,17,19-21H2,2-3H3,(H,33,38). The number of rotatable bonds is 10. The summed E-state index contributed by atoms with van der Waals surface area (Å²) in [5, 5.41) is 3.33. The van der Waals surface area contributed by atoms with E-state index in [-0.39, 0.29) is 37.5 Å². The monoisotopic (exact) mass is 523 g/mol. The second kappa shape index (κ2) is 12.7. The Balaban J connectivity index is 1.57. The lowest BCUT2D eigenvalue weighted by Gasteiger charge is -2.27. The molecule has 7 heteroatoms. The molecule has 4 aromatic rings. The largest absolute Gasteiger partial charge is 0.464 e. The van der Waals surface area contributed by atoms with Gasteiger partial charge in [-0.3, -0.25) is 9.59 Å². The minimum absolute atomic E-state index is 0.0436. The number of aryl methyl sites for hydroxylation is 2. The van der Waals surface area contributed by atoms with E-state index in [1.165, 1.54) is 11.2 Å². The van der Waals surface area contributed by atoms with Crippen molar-refractivity contribution < 1.29 is 14.0 Å². The van der Waals surface area contributed by atoms with Crippen LogP contribution in [-0.4, -0.2) is 34.8 Å². The van der Waals surface area contributed by atoms with E-state index in [0.29, 0.717) is 22.2 Å². The molecule has 0 spiro atoms. The van der Waals surface area contributed by atoms with Gasteiger partial charge >= 0.3 is 6.03 Å². The van der Waals surface area contributed by atoms with Crippen molar-refractivity contribution in [3.63, 3.8) is 0 Å². The number of carbonyl (C=O) groups is 2. The topological polar surface area (TPSA) is 82.9 Å². The highest BCUT2D eigenvalue weighted by molar-refractivity contribution is 5.92. The minimum Gasteiger partial charge on any atom is -0.464 e. The van der Waals surface area contributed by atoms with E-state index in [2.05, 4.69) is 18.8 Å². The van der Waals surface area contributed by atoms with Gasteiger partial charge in [-0.05, 0) is 48.7 Å². The summed E-state index contributed by atoms with van der Waals surface area (Å²) in [5.41, 5.74) is 4.34. The first-order valence-corrected chi connectivity index (χ1v) is 13.0. The number of benzene rings is 3. The molecule has 1 N–H and O–H groups in total. The molecule has 1 heterocycles. The van der Waals surface area contributed by atoms with E-state index < -0.39 is 6.03 Å². The fourth-order valence-corrected chi connectivity index (χ4v) is 4.30. The first kappa shape index (κ1) is 27.4. The molecular weight excluding hydrogens is 490 g/mol. The van der Waals surface area contributed by atoms with Crippen LogP contribution in [0.1, 0.15) is 29.2 Å². The van der Waals surface area contributed by atoms with Crippen LogP contribution in [0.5, 0.6) is 0 Å². The smallest absolute Gasteiger partial charge is 0.322 e. The summed E-state index contributed by atoms with van der Waals surface area (Å²) < 4.78 is 5.72. The van der Waals surface area contributed by atoms with E-state index in [4.69, 9.17) is 4.42 Å². The summed E-state index contributed by atoms with van der Waals surface area (Å²) in [7, 11) is 0. The van der Waals surface area contributed by atoms with Gasteiger partial charge in [-0.2, -0.15) is 0 Å². The highest BCUT2D eigenvalue weighted by Crippen LogP contribution is 2.16. The number of amides is 3. The van der Waals surface area contributed by atoms with Crippen molar-refractivity contribution in [2.75, 3.05) is 18.4 Å². The van der Waals surface area contributed by atoms with Gasteiger partial charge in [-0.1, -0.05) is 67.1 Å². The lowest BCUT2D eigenvalue weighted by atomic mass is 10.1. The predicted octanol–water partition coefficient (Wildman–Crippen LogP) is 5.91. The molecule has 0 radical (unpaired) electrons. The number of nitrogens with one attached hydrogen (secondary N) is 1. The fourth-order valence-electron chi connectivity index (χ4n) is 4.30. The zero-order valence-electron chi connectivity index (χ0n) is 22.4. The number of hydrogen-bond acceptors (Lipinski definition) is 4. The van der Waals surface area contributed by atoms with Gasteiger partial charge in [-0.25, -0.2) is 4.79 Å². The third-order valence-electron chi connectivity index (χ3n) is 6.51. The van der Waals surface area contributed by atoms with Gasteiger partial charge in [-0.15, -0.1) is 6.58 Å². The number of hydrogen-bond donors (Lipinski definition) is 1. The van der Waals surface area contributed by atoms with Gasteiger partial charge in [0, 0.05) is 18.8 Å². The van der Waals surface area contributed by atoms with Crippen LogP contribution in [0.2, 0.25) is 0 Å². The Kier molecular flexibility index (Phi) is 8.94. The highest BCUT2D eigenvalue weighted by Gasteiger charge is 2.23. The molecule has 3 aromatic carbocycles. The van der Waals surface area contributed by atoms with Gasteiger partial charge in [0.2, 0.25) is 5.91 Å². The zero-order chi connectivity index (χ0) is 27.8. The third kappa shape index (κ3) is 7.02. The summed E-state index contributed by atoms with van der Waals surface area (Å²) >= 11 is 0. The Bertz CT molecular complexity index is 1510. The van der Waals surface area contributed by atoms with Crippen molar-refractivity contribution in [3.8, 4) is 0 Å². The number of fused-ring (bicyclic) bond motifs is 1. The maximum atomic E-state index is 13.6. The van der Waals surface area contributed by atoms with Crippen LogP contribution in [0.4, 0.5) is 10.5 Å². The molecule has 0 fully saturated rings. The molecule has 0 aliphatic heterocycles. The molecule has 0 atom stereocenters. The van der Waals surface area contributed by atoms with Crippen LogP contribution in [0.3, 0.4) is 0 Å². The van der Waals surface area contributed by atoms with Crippen molar-refractivity contribution in [1.82, 2.24) is 9.80 Å². The lowest BCUT2D eigenvalue weighted by Crippen LogP contribution is -2.44. The second-order valence-corrected chi connectivity index (χ2v) is 9.47. The summed E-state index contributed by atoms with van der Waals surface area (Å²) in [6.07, 6.45) is 3.89. The molecule has 4 rings (SSSR count). The zero-order valence-corrected chi connectivity index (χ0v) is 22.4. The maximum Gasteiger partial charge on any atom is 0.322 e. The van der Waals surface area contributed by atoms with E-state index in [1.54, 1.807) is 23.1 Å². The van der Waals surface area contributed by atoms with Crippen LogP contribution in [0.15, 0.2) is 101 Å². The van der Waals surface area contributed by atoms with Crippen molar-refractivity contribution in [3.05, 3.63) is 124 Å². The average Bonchev–Trinajstić information content (AvgIpc) is 2.95. The van der Waals surface area contributed by atoms with Crippen molar-refractivity contribution in [1.29, 1.82) is 0 Å². The van der Waals surface area contributed by atoms with E-state index in [0.717, 1.165) is 23.1 Å². The molecule has 0 saturated carbocycles. The predicted molar refractivity (Wildman–Crippen MR) is 155 cm³/mol. The summed E-state index contributed by atoms with van der Waals surface area (Å²) in [6, 6.07) is 22.1. The molecule has 200 valence electrons. The van der Waals surface area contributed by atoms with Crippen molar-refractivity contribution in [2.24, 2.45) is 0 Å². The van der Waals surface area contributed by atoms with Crippen LogP contribution in [-0.2, 0) is 24.3 Å². The molecule has 0 saturated heterocycles. The molecular formula is C32H33N3O4. The molecule has 3 amide bonds. The molecule has 0 unspecified atom stereocenters. The number of anilines is 1. The van der Waals surface area contributed by atoms with Crippen LogP contribution < -0.4 is 10.7 Å². The van der Waals surface area contributed by atoms with Crippen molar-refractivity contribution >= 4 is 28.6 Å². The first-order valence-electron chi connectivity index (χ1n) is 13.0. The summed E-state index contributed by atoms with van der Waals surface area (Å²) in [4.78, 5) is 43.0. The van der Waals surface area contributed by atoms with Crippen LogP contribution >= 0.6 is 0 Å². The average molecular weight is 524 g/mol. The first-order chi connectivity index (χ1) is 18.9.